The molecule has 25 heavy (non-hydrogen) atoms. The molecule has 0 aliphatic carbocycles. The van der Waals surface area contributed by atoms with E-state index in [0.29, 0.717) is 26.3 Å². The highest BCUT2D eigenvalue weighted by Crippen LogP contribution is 2.30. The number of halogens is 1. The summed E-state index contributed by atoms with van der Waals surface area (Å²) in [6.45, 7) is 2.67. The lowest BCUT2D eigenvalue weighted by Gasteiger charge is -2.13. The normalized spacial score (nSPS) is 13.4. The van der Waals surface area contributed by atoms with Crippen LogP contribution in [-0.2, 0) is 13.1 Å². The van der Waals surface area contributed by atoms with Crippen molar-refractivity contribution in [3.8, 4) is 11.5 Å². The Morgan fingerprint density at radius 2 is 1.88 bits per heavy atom. The number of aliphatic imine (C=N–C) groups is 1. The van der Waals surface area contributed by atoms with Gasteiger partial charge in [-0.05, 0) is 29.8 Å². The third kappa shape index (κ3) is 5.77. The molecule has 0 unspecified atom stereocenters. The van der Waals surface area contributed by atoms with Gasteiger partial charge in [0.15, 0.2) is 17.5 Å². The summed E-state index contributed by atoms with van der Waals surface area (Å²) in [7, 11) is 1.75. The molecule has 1 aliphatic rings. The number of ether oxygens (including phenoxy) is 2. The van der Waals surface area contributed by atoms with E-state index in [2.05, 4.69) is 20.6 Å². The van der Waals surface area contributed by atoms with Crippen LogP contribution in [0.4, 0.5) is 0 Å². The molecule has 0 radical (unpaired) electrons. The van der Waals surface area contributed by atoms with Crippen molar-refractivity contribution < 1.29 is 9.47 Å². The molecular weight excluding hydrogens is 431 g/mol. The van der Waals surface area contributed by atoms with E-state index < -0.39 is 0 Å². The number of aromatic nitrogens is 1. The summed E-state index contributed by atoms with van der Waals surface area (Å²) in [5.74, 6) is 2.35. The number of hydrogen-bond acceptors (Lipinski definition) is 4. The van der Waals surface area contributed by atoms with E-state index in [1.807, 2.05) is 36.4 Å². The zero-order valence-corrected chi connectivity index (χ0v) is 16.5. The molecule has 0 amide bonds. The van der Waals surface area contributed by atoms with Gasteiger partial charge in [-0.25, -0.2) is 0 Å². The minimum Gasteiger partial charge on any atom is -0.490 e. The number of benzene rings is 1. The Kier molecular flexibility index (Phi) is 7.77. The van der Waals surface area contributed by atoms with Gasteiger partial charge in [-0.3, -0.25) is 9.98 Å². The molecule has 0 saturated carbocycles. The van der Waals surface area contributed by atoms with Crippen molar-refractivity contribution in [1.29, 1.82) is 0 Å². The van der Waals surface area contributed by atoms with Gasteiger partial charge in [-0.2, -0.15) is 0 Å². The lowest BCUT2D eigenvalue weighted by Crippen LogP contribution is -2.36. The third-order valence-electron chi connectivity index (χ3n) is 3.66. The molecule has 2 N–H and O–H groups in total. The lowest BCUT2D eigenvalue weighted by molar-refractivity contribution is 0.297. The van der Waals surface area contributed by atoms with Crippen LogP contribution in [0.2, 0.25) is 0 Å². The molecule has 7 heteroatoms. The largest absolute Gasteiger partial charge is 0.490 e. The maximum Gasteiger partial charge on any atom is 0.191 e. The Hall–Kier alpha value is -2.03. The van der Waals surface area contributed by atoms with Crippen molar-refractivity contribution in [1.82, 2.24) is 15.6 Å². The molecule has 3 rings (SSSR count). The first-order chi connectivity index (χ1) is 11.8. The monoisotopic (exact) mass is 454 g/mol. The van der Waals surface area contributed by atoms with Crippen molar-refractivity contribution in [3.05, 3.63) is 53.9 Å². The summed E-state index contributed by atoms with van der Waals surface area (Å²) < 4.78 is 11.4. The fourth-order valence-electron chi connectivity index (χ4n) is 2.40. The van der Waals surface area contributed by atoms with Crippen molar-refractivity contribution in [2.75, 3.05) is 20.3 Å². The van der Waals surface area contributed by atoms with Gasteiger partial charge in [0.1, 0.15) is 0 Å². The molecule has 1 aliphatic heterocycles. The first kappa shape index (κ1) is 19.3. The predicted molar refractivity (Wildman–Crippen MR) is 109 cm³/mol. The van der Waals surface area contributed by atoms with E-state index in [1.54, 1.807) is 13.2 Å². The fourth-order valence-corrected chi connectivity index (χ4v) is 2.40. The molecule has 1 aromatic carbocycles. The van der Waals surface area contributed by atoms with Crippen molar-refractivity contribution in [2.45, 2.75) is 19.5 Å². The third-order valence-corrected chi connectivity index (χ3v) is 3.66. The topological polar surface area (TPSA) is 67.8 Å². The predicted octanol–water partition coefficient (Wildman–Crippen LogP) is 2.73. The molecule has 0 spiro atoms. The summed E-state index contributed by atoms with van der Waals surface area (Å²) >= 11 is 0. The Balaban J connectivity index is 0.00000225. The molecule has 2 heterocycles. The van der Waals surface area contributed by atoms with Crippen LogP contribution in [0.25, 0.3) is 0 Å². The van der Waals surface area contributed by atoms with Crippen LogP contribution in [0.5, 0.6) is 11.5 Å². The molecule has 0 fully saturated rings. The Labute approximate surface area is 165 Å². The minimum absolute atomic E-state index is 0. The van der Waals surface area contributed by atoms with Crippen LogP contribution in [0.1, 0.15) is 17.7 Å². The molecule has 1 aromatic heterocycles. The van der Waals surface area contributed by atoms with E-state index in [4.69, 9.17) is 9.47 Å². The van der Waals surface area contributed by atoms with Gasteiger partial charge >= 0.3 is 0 Å². The van der Waals surface area contributed by atoms with Gasteiger partial charge in [0.25, 0.3) is 0 Å². The van der Waals surface area contributed by atoms with Gasteiger partial charge in [0.05, 0.1) is 25.5 Å². The minimum atomic E-state index is 0. The highest BCUT2D eigenvalue weighted by molar-refractivity contribution is 14.0. The van der Waals surface area contributed by atoms with E-state index in [0.717, 1.165) is 35.1 Å². The number of guanidine groups is 1. The van der Waals surface area contributed by atoms with Crippen LogP contribution in [-0.4, -0.2) is 31.2 Å². The second-order valence-corrected chi connectivity index (χ2v) is 5.43. The number of fused-ring (bicyclic) bond motifs is 1. The second-order valence-electron chi connectivity index (χ2n) is 5.43. The molecule has 0 bridgehead atoms. The van der Waals surface area contributed by atoms with Crippen LogP contribution < -0.4 is 20.1 Å². The summed E-state index contributed by atoms with van der Waals surface area (Å²) in [4.78, 5) is 8.52. The van der Waals surface area contributed by atoms with E-state index >= 15 is 0 Å². The molecular formula is C18H23IN4O2. The molecule has 6 nitrogen and oxygen atoms in total. The number of nitrogens with one attached hydrogen (secondary N) is 2. The van der Waals surface area contributed by atoms with E-state index in [1.165, 1.54) is 0 Å². The number of nitrogens with zero attached hydrogens (tertiary/aromatic N) is 2. The highest BCUT2D eigenvalue weighted by Gasteiger charge is 2.10. The van der Waals surface area contributed by atoms with Gasteiger partial charge in [0.2, 0.25) is 0 Å². The van der Waals surface area contributed by atoms with Crippen LogP contribution in [0, 0.1) is 0 Å². The number of hydrogen-bond donors (Lipinski definition) is 2. The summed E-state index contributed by atoms with van der Waals surface area (Å²) in [5, 5.41) is 6.54. The summed E-state index contributed by atoms with van der Waals surface area (Å²) in [6, 6.07) is 11.9. The van der Waals surface area contributed by atoms with Crippen molar-refractivity contribution in [2.24, 2.45) is 4.99 Å². The molecule has 134 valence electrons. The zero-order valence-electron chi connectivity index (χ0n) is 14.2. The fraction of sp³-hybridized carbons (Fsp3) is 0.333. The zero-order chi connectivity index (χ0) is 16.6. The summed E-state index contributed by atoms with van der Waals surface area (Å²) in [6.07, 6.45) is 2.69. The van der Waals surface area contributed by atoms with Crippen molar-refractivity contribution >= 4 is 29.9 Å². The van der Waals surface area contributed by atoms with Gasteiger partial charge < -0.3 is 20.1 Å². The van der Waals surface area contributed by atoms with Gasteiger partial charge in [-0.15, -0.1) is 24.0 Å². The SMILES string of the molecule is CN=C(NCc1ccc2c(c1)OCCCO2)NCc1ccccn1.I. The van der Waals surface area contributed by atoms with Crippen molar-refractivity contribution in [3.63, 3.8) is 0 Å². The second kappa shape index (κ2) is 10.1. The Bertz CT molecular complexity index is 695. The number of pyridine rings is 1. The average molecular weight is 454 g/mol. The number of rotatable bonds is 4. The standard InChI is InChI=1S/C18H22N4O2.HI/c1-19-18(22-13-15-5-2-3-8-20-15)21-12-14-6-7-16-17(11-14)24-10-4-9-23-16;/h2-3,5-8,11H,4,9-10,12-13H2,1H3,(H2,19,21,22);1H. The molecule has 0 saturated heterocycles. The maximum absolute atomic E-state index is 5.72. The highest BCUT2D eigenvalue weighted by atomic mass is 127. The quantitative estimate of drug-likeness (QED) is 0.423. The summed E-state index contributed by atoms with van der Waals surface area (Å²) in [5.41, 5.74) is 2.08. The Morgan fingerprint density at radius 1 is 1.08 bits per heavy atom. The molecule has 0 atom stereocenters. The van der Waals surface area contributed by atoms with Crippen LogP contribution in [0.15, 0.2) is 47.6 Å². The van der Waals surface area contributed by atoms with Gasteiger partial charge in [0, 0.05) is 26.2 Å². The first-order valence-electron chi connectivity index (χ1n) is 8.08. The Morgan fingerprint density at radius 3 is 2.64 bits per heavy atom. The first-order valence-corrected chi connectivity index (χ1v) is 8.08. The van der Waals surface area contributed by atoms with E-state index in [9.17, 15) is 0 Å². The molecule has 2 aromatic rings. The smallest absolute Gasteiger partial charge is 0.191 e. The maximum atomic E-state index is 5.72. The lowest BCUT2D eigenvalue weighted by atomic mass is 10.2. The van der Waals surface area contributed by atoms with E-state index in [-0.39, 0.29) is 24.0 Å². The van der Waals surface area contributed by atoms with Gasteiger partial charge in [-0.1, -0.05) is 12.1 Å². The van der Waals surface area contributed by atoms with Crippen LogP contribution in [0.3, 0.4) is 0 Å². The average Bonchev–Trinajstić information content (AvgIpc) is 2.87. The van der Waals surface area contributed by atoms with Crippen LogP contribution >= 0.6 is 24.0 Å².